The molecule has 2 aliphatic heterocycles. The van der Waals surface area contributed by atoms with Crippen LogP contribution < -0.4 is 10.6 Å². The molecule has 11 heteroatoms. The molecule has 4 fully saturated rings. The van der Waals surface area contributed by atoms with Crippen LogP contribution in [-0.2, 0) is 9.53 Å². The first-order valence-corrected chi connectivity index (χ1v) is 17.0. The zero-order chi connectivity index (χ0) is 32.8. The fraction of sp³-hybridized carbons (Fsp3) is 0.405. The summed E-state index contributed by atoms with van der Waals surface area (Å²) in [6.45, 7) is 3.79. The Labute approximate surface area is 276 Å². The van der Waals surface area contributed by atoms with Crippen LogP contribution in [0.5, 0.6) is 0 Å². The summed E-state index contributed by atoms with van der Waals surface area (Å²) in [5.74, 6) is 2.19. The number of ether oxygens (including phenoxy) is 1. The molecule has 2 saturated carbocycles. The Kier molecular flexibility index (Phi) is 6.66. The highest BCUT2D eigenvalue weighted by molar-refractivity contribution is 6.05. The van der Waals surface area contributed by atoms with Crippen LogP contribution in [0.25, 0.3) is 44.2 Å². The molecule has 2 aliphatic carbocycles. The number of nitrogens with zero attached hydrogens (tertiary/aromatic N) is 3. The second-order valence-corrected chi connectivity index (χ2v) is 14.4. The van der Waals surface area contributed by atoms with E-state index >= 15 is 4.39 Å². The normalized spacial score (nSPS) is 26.1. The summed E-state index contributed by atoms with van der Waals surface area (Å²) in [5.41, 5.74) is 4.66. The minimum Gasteiger partial charge on any atom is -0.453 e. The van der Waals surface area contributed by atoms with E-state index in [1.807, 2.05) is 30.9 Å². The molecule has 4 heterocycles. The van der Waals surface area contributed by atoms with Gasteiger partial charge in [-0.1, -0.05) is 38.1 Å². The monoisotopic (exact) mass is 647 g/mol. The second kappa shape index (κ2) is 10.9. The maximum atomic E-state index is 15.8. The van der Waals surface area contributed by atoms with E-state index < -0.39 is 12.1 Å². The number of nitrogens with one attached hydrogen (secondary N) is 4. The highest BCUT2D eigenvalue weighted by atomic mass is 19.1. The number of piperidine rings is 2. The lowest BCUT2D eigenvalue weighted by atomic mass is 9.99. The van der Waals surface area contributed by atoms with E-state index in [1.54, 1.807) is 18.3 Å². The standard InChI is InChI=1S/C37H38FN7O3/c1-17(2)32(44-37(47)48-3)36(46)45-30-14-22(30)15-31(45)35-39-16-29(42-35)24-8-5-19(11-25(24)38)18-4-7-23-20(10-18)6-9-26-33(23)43-34(41-26)28-13-21-12-27(21)40-28/h4-11,16-17,21-22,27-28,30-32,40H,12-15H2,1-3H3,(H,39,42)(H,41,43)(H,44,47)/t21-,22-,27-,28+,30-,31+,32+/m1/s1. The van der Waals surface area contributed by atoms with Gasteiger partial charge in [0, 0.05) is 23.0 Å². The van der Waals surface area contributed by atoms with E-state index in [1.165, 1.54) is 13.5 Å². The number of aromatic nitrogens is 4. The summed E-state index contributed by atoms with van der Waals surface area (Å²) in [7, 11) is 1.29. The van der Waals surface area contributed by atoms with Crippen molar-refractivity contribution >= 4 is 33.8 Å². The number of halogens is 1. The van der Waals surface area contributed by atoms with Crippen LogP contribution in [0.1, 0.15) is 63.3 Å². The number of benzene rings is 3. The van der Waals surface area contributed by atoms with Crippen LogP contribution in [0.4, 0.5) is 9.18 Å². The number of imidazole rings is 2. The topological polar surface area (TPSA) is 128 Å². The number of rotatable bonds is 7. The second-order valence-electron chi connectivity index (χ2n) is 14.4. The number of hydrogen-bond acceptors (Lipinski definition) is 6. The van der Waals surface area contributed by atoms with Crippen molar-refractivity contribution in [2.75, 3.05) is 7.11 Å². The summed E-state index contributed by atoms with van der Waals surface area (Å²) >= 11 is 0. The minimum absolute atomic E-state index is 0.121. The smallest absolute Gasteiger partial charge is 0.407 e. The van der Waals surface area contributed by atoms with E-state index in [9.17, 15) is 9.59 Å². The van der Waals surface area contributed by atoms with Gasteiger partial charge in [0.15, 0.2) is 0 Å². The predicted molar refractivity (Wildman–Crippen MR) is 179 cm³/mol. The van der Waals surface area contributed by atoms with Crippen molar-refractivity contribution in [1.82, 2.24) is 35.5 Å². The number of fused-ring (bicyclic) bond motifs is 5. The lowest BCUT2D eigenvalue weighted by Gasteiger charge is -2.31. The van der Waals surface area contributed by atoms with Gasteiger partial charge in [0.1, 0.15) is 23.5 Å². The predicted octanol–water partition coefficient (Wildman–Crippen LogP) is 6.38. The Balaban J connectivity index is 0.956. The summed E-state index contributed by atoms with van der Waals surface area (Å²) in [4.78, 5) is 44.0. The summed E-state index contributed by atoms with van der Waals surface area (Å²) in [5, 5.41) is 8.51. The Morgan fingerprint density at radius 3 is 2.58 bits per heavy atom. The van der Waals surface area contributed by atoms with Crippen molar-refractivity contribution in [3.05, 3.63) is 72.2 Å². The Hall–Kier alpha value is -4.77. The van der Waals surface area contributed by atoms with Gasteiger partial charge >= 0.3 is 6.09 Å². The molecule has 246 valence electrons. The first-order valence-electron chi connectivity index (χ1n) is 17.0. The molecule has 0 spiro atoms. The fourth-order valence-electron chi connectivity index (χ4n) is 8.13. The summed E-state index contributed by atoms with van der Waals surface area (Å²) < 4.78 is 20.5. The number of alkyl carbamates (subject to hydrolysis) is 1. The summed E-state index contributed by atoms with van der Waals surface area (Å²) in [6.07, 6.45) is 5.15. The van der Waals surface area contributed by atoms with Gasteiger partial charge in [0.05, 0.1) is 42.1 Å². The quantitative estimate of drug-likeness (QED) is 0.162. The molecule has 9 rings (SSSR count). The molecular weight excluding hydrogens is 609 g/mol. The molecule has 2 amide bonds. The number of hydrogen-bond donors (Lipinski definition) is 4. The van der Waals surface area contributed by atoms with Crippen molar-refractivity contribution in [2.45, 2.75) is 69.7 Å². The van der Waals surface area contributed by atoms with Crippen LogP contribution in [-0.4, -0.2) is 62.1 Å². The molecule has 10 nitrogen and oxygen atoms in total. The molecule has 2 saturated heterocycles. The highest BCUT2D eigenvalue weighted by Gasteiger charge is 2.56. The maximum Gasteiger partial charge on any atom is 0.407 e. The van der Waals surface area contributed by atoms with Gasteiger partial charge in [-0.2, -0.15) is 0 Å². The SMILES string of the molecule is COC(=O)N[C@H](C(=O)N1[C@@H]2C[C@@H]2C[C@H]1c1ncc(-c2ccc(-c3ccc4c(ccc5[nH]c([C@@H]6C[C@H]7C[C@H]7N6)nc54)c3)cc2F)[nH]1)C(C)C. The van der Waals surface area contributed by atoms with E-state index in [0.717, 1.165) is 63.9 Å². The summed E-state index contributed by atoms with van der Waals surface area (Å²) in [6, 6.07) is 15.7. The highest BCUT2D eigenvalue weighted by Crippen LogP contribution is 2.53. The first kappa shape index (κ1) is 29.4. The maximum absolute atomic E-state index is 15.8. The van der Waals surface area contributed by atoms with E-state index in [0.29, 0.717) is 35.1 Å². The van der Waals surface area contributed by atoms with E-state index in [2.05, 4.69) is 49.9 Å². The van der Waals surface area contributed by atoms with Gasteiger partial charge in [-0.3, -0.25) is 4.79 Å². The van der Waals surface area contributed by atoms with Crippen molar-refractivity contribution in [3.63, 3.8) is 0 Å². The molecule has 4 aliphatic rings. The number of amides is 2. The van der Waals surface area contributed by atoms with Crippen LogP contribution >= 0.6 is 0 Å². The number of methoxy groups -OCH3 is 1. The van der Waals surface area contributed by atoms with Crippen molar-refractivity contribution in [3.8, 4) is 22.4 Å². The van der Waals surface area contributed by atoms with Crippen LogP contribution in [0.3, 0.4) is 0 Å². The van der Waals surface area contributed by atoms with Crippen molar-refractivity contribution < 1.29 is 18.7 Å². The van der Waals surface area contributed by atoms with Gasteiger partial charge in [0.25, 0.3) is 0 Å². The third kappa shape index (κ3) is 4.86. The fourth-order valence-corrected chi connectivity index (χ4v) is 8.13. The third-order valence-corrected chi connectivity index (χ3v) is 10.9. The zero-order valence-electron chi connectivity index (χ0n) is 27.1. The number of likely N-dealkylation sites (tertiary alicyclic amines) is 1. The van der Waals surface area contributed by atoms with Crippen LogP contribution in [0.2, 0.25) is 0 Å². The number of H-pyrrole nitrogens is 2. The van der Waals surface area contributed by atoms with Gasteiger partial charge in [-0.15, -0.1) is 0 Å². The molecule has 3 aromatic carbocycles. The molecule has 0 unspecified atom stereocenters. The molecule has 2 aromatic heterocycles. The molecular formula is C37H38FN7O3. The van der Waals surface area contributed by atoms with Crippen LogP contribution in [0, 0.1) is 23.6 Å². The van der Waals surface area contributed by atoms with Crippen molar-refractivity contribution in [2.24, 2.45) is 17.8 Å². The van der Waals surface area contributed by atoms with E-state index in [4.69, 9.17) is 9.72 Å². The van der Waals surface area contributed by atoms with Crippen LogP contribution in [0.15, 0.2) is 54.7 Å². The largest absolute Gasteiger partial charge is 0.453 e. The average Bonchev–Trinajstić information content (AvgIpc) is 3.67. The van der Waals surface area contributed by atoms with Gasteiger partial charge in [-0.05, 0) is 84.2 Å². The third-order valence-electron chi connectivity index (χ3n) is 10.9. The average molecular weight is 648 g/mol. The lowest BCUT2D eigenvalue weighted by molar-refractivity contribution is -0.136. The Morgan fingerprint density at radius 2 is 1.81 bits per heavy atom. The number of carbonyl (C=O) groups is 2. The van der Waals surface area contributed by atoms with E-state index in [-0.39, 0.29) is 29.7 Å². The molecule has 7 atom stereocenters. The van der Waals surface area contributed by atoms with Crippen molar-refractivity contribution in [1.29, 1.82) is 0 Å². The van der Waals surface area contributed by atoms with Gasteiger partial charge in [-0.25, -0.2) is 19.2 Å². The Bertz CT molecular complexity index is 2100. The number of carbonyl (C=O) groups excluding carboxylic acids is 2. The minimum atomic E-state index is -0.712. The first-order chi connectivity index (χ1) is 23.2. The zero-order valence-corrected chi connectivity index (χ0v) is 27.1. The van der Waals surface area contributed by atoms with Gasteiger partial charge < -0.3 is 30.2 Å². The van der Waals surface area contributed by atoms with Gasteiger partial charge in [0.2, 0.25) is 5.91 Å². The molecule has 48 heavy (non-hydrogen) atoms. The molecule has 5 aromatic rings. The number of aromatic amines is 2. The molecule has 0 radical (unpaired) electrons. The lowest BCUT2D eigenvalue weighted by Crippen LogP contribution is -2.52. The Morgan fingerprint density at radius 1 is 0.979 bits per heavy atom. The molecule has 0 bridgehead atoms. The molecule has 4 N–H and O–H groups in total.